The highest BCUT2D eigenvalue weighted by molar-refractivity contribution is 5.92. The Bertz CT molecular complexity index is 749. The van der Waals surface area contributed by atoms with Gasteiger partial charge in [0.15, 0.2) is 11.4 Å². The van der Waals surface area contributed by atoms with Crippen LogP contribution in [0.25, 0.3) is 0 Å². The average Bonchev–Trinajstić information content (AvgIpc) is 2.96. The number of nitrogens with one attached hydrogen (secondary N) is 1. The molecule has 2 aromatic rings. The first-order valence-electron chi connectivity index (χ1n) is 6.66. The van der Waals surface area contributed by atoms with Gasteiger partial charge in [-0.05, 0) is 18.2 Å². The van der Waals surface area contributed by atoms with Crippen LogP contribution in [0.4, 0.5) is 18.9 Å². The lowest BCUT2D eigenvalue weighted by Crippen LogP contribution is -2.16. The highest BCUT2D eigenvalue weighted by Crippen LogP contribution is 2.27. The molecule has 0 aliphatic heterocycles. The fourth-order valence-electron chi connectivity index (χ4n) is 1.82. The molecule has 0 saturated heterocycles. The normalized spacial score (nSPS) is 10.7. The van der Waals surface area contributed by atoms with E-state index < -0.39 is 30.1 Å². The number of aryl methyl sites for hydroxylation is 1. The van der Waals surface area contributed by atoms with Crippen molar-refractivity contribution in [2.24, 2.45) is 0 Å². The lowest BCUT2D eigenvalue weighted by atomic mass is 10.2. The molecule has 24 heavy (non-hydrogen) atoms. The van der Waals surface area contributed by atoms with Gasteiger partial charge >= 0.3 is 12.6 Å². The molecule has 0 aliphatic carbocycles. The molecule has 0 bridgehead atoms. The van der Waals surface area contributed by atoms with Crippen LogP contribution in [0.2, 0.25) is 0 Å². The summed E-state index contributed by atoms with van der Waals surface area (Å²) in [6, 6.07) is 4.09. The van der Waals surface area contributed by atoms with Crippen molar-refractivity contribution < 1.29 is 32.6 Å². The van der Waals surface area contributed by atoms with E-state index in [9.17, 15) is 22.8 Å². The number of aromatic nitrogens is 2. The molecule has 2 rings (SSSR count). The molecule has 2 N–H and O–H groups in total. The van der Waals surface area contributed by atoms with Gasteiger partial charge in [0.1, 0.15) is 5.82 Å². The van der Waals surface area contributed by atoms with Crippen LogP contribution >= 0.6 is 0 Å². The number of alkyl halides is 2. The van der Waals surface area contributed by atoms with Crippen LogP contribution in [-0.2, 0) is 11.3 Å². The number of carboxylic acid groups (broad SMARTS) is 1. The number of benzene rings is 1. The lowest BCUT2D eigenvalue weighted by molar-refractivity contribution is -0.116. The predicted molar refractivity (Wildman–Crippen MR) is 75.5 cm³/mol. The number of nitrogens with zero attached hydrogens (tertiary/aromatic N) is 2. The second kappa shape index (κ2) is 7.49. The maximum Gasteiger partial charge on any atom is 0.387 e. The molecule has 10 heteroatoms. The van der Waals surface area contributed by atoms with E-state index in [1.807, 2.05) is 0 Å². The molecule has 1 heterocycles. The summed E-state index contributed by atoms with van der Waals surface area (Å²) in [4.78, 5) is 22.5. The van der Waals surface area contributed by atoms with Gasteiger partial charge in [0, 0.05) is 25.2 Å². The van der Waals surface area contributed by atoms with E-state index in [1.54, 1.807) is 0 Å². The van der Waals surface area contributed by atoms with Crippen molar-refractivity contribution in [1.82, 2.24) is 9.78 Å². The molecule has 0 fully saturated rings. The first kappa shape index (κ1) is 17.3. The third-order valence-electron chi connectivity index (χ3n) is 2.86. The van der Waals surface area contributed by atoms with E-state index in [2.05, 4.69) is 15.2 Å². The van der Waals surface area contributed by atoms with E-state index in [1.165, 1.54) is 16.9 Å². The number of carbonyl (C=O) groups is 2. The number of carbonyl (C=O) groups excluding carboxylic acids is 1. The average molecular weight is 343 g/mol. The molecule has 0 aliphatic rings. The zero-order valence-electron chi connectivity index (χ0n) is 12.1. The quantitative estimate of drug-likeness (QED) is 0.805. The monoisotopic (exact) mass is 343 g/mol. The number of anilines is 1. The van der Waals surface area contributed by atoms with E-state index in [-0.39, 0.29) is 24.3 Å². The topological polar surface area (TPSA) is 93.5 Å². The summed E-state index contributed by atoms with van der Waals surface area (Å²) in [5.41, 5.74) is -0.269. The fourth-order valence-corrected chi connectivity index (χ4v) is 1.82. The Morgan fingerprint density at radius 3 is 2.71 bits per heavy atom. The largest absolute Gasteiger partial charge is 0.476 e. The van der Waals surface area contributed by atoms with E-state index >= 15 is 0 Å². The van der Waals surface area contributed by atoms with Gasteiger partial charge in [0.05, 0.1) is 5.69 Å². The first-order chi connectivity index (χ1) is 11.3. The van der Waals surface area contributed by atoms with Crippen molar-refractivity contribution in [3.8, 4) is 5.75 Å². The van der Waals surface area contributed by atoms with Gasteiger partial charge in [0.25, 0.3) is 0 Å². The van der Waals surface area contributed by atoms with Crippen molar-refractivity contribution in [3.63, 3.8) is 0 Å². The minimum atomic E-state index is -3.17. The maximum absolute atomic E-state index is 13.1. The zero-order chi connectivity index (χ0) is 17.7. The third-order valence-corrected chi connectivity index (χ3v) is 2.86. The van der Waals surface area contributed by atoms with Crippen LogP contribution in [-0.4, -0.2) is 33.4 Å². The highest BCUT2D eigenvalue weighted by Gasteiger charge is 2.14. The Labute approximate surface area is 133 Å². The molecule has 7 nitrogen and oxygen atoms in total. The maximum atomic E-state index is 13.1. The van der Waals surface area contributed by atoms with Gasteiger partial charge in [-0.3, -0.25) is 9.48 Å². The van der Waals surface area contributed by atoms with E-state index in [0.717, 1.165) is 18.2 Å². The van der Waals surface area contributed by atoms with Crippen LogP contribution in [0.3, 0.4) is 0 Å². The van der Waals surface area contributed by atoms with Crippen LogP contribution < -0.4 is 10.1 Å². The summed E-state index contributed by atoms with van der Waals surface area (Å²) in [6.07, 6.45) is 1.28. The van der Waals surface area contributed by atoms with Gasteiger partial charge in [-0.25, -0.2) is 9.18 Å². The summed E-state index contributed by atoms with van der Waals surface area (Å²) in [7, 11) is 0. The number of halogens is 3. The molecular formula is C14H12F3N3O4. The zero-order valence-corrected chi connectivity index (χ0v) is 12.1. The number of hydrogen-bond acceptors (Lipinski definition) is 4. The number of rotatable bonds is 7. The second-order valence-corrected chi connectivity index (χ2v) is 4.59. The Morgan fingerprint density at radius 1 is 1.33 bits per heavy atom. The molecule has 0 unspecified atom stereocenters. The second-order valence-electron chi connectivity index (χ2n) is 4.59. The Morgan fingerprint density at radius 2 is 2.08 bits per heavy atom. The minimum Gasteiger partial charge on any atom is -0.476 e. The fraction of sp³-hybridized carbons (Fsp3) is 0.214. The number of carboxylic acids is 1. The molecule has 1 aromatic carbocycles. The van der Waals surface area contributed by atoms with Crippen LogP contribution in [0, 0.1) is 5.82 Å². The van der Waals surface area contributed by atoms with E-state index in [0.29, 0.717) is 0 Å². The summed E-state index contributed by atoms with van der Waals surface area (Å²) in [6.45, 7) is -3.09. The van der Waals surface area contributed by atoms with Crippen molar-refractivity contribution in [2.45, 2.75) is 19.6 Å². The molecule has 1 aromatic heterocycles. The molecular weight excluding hydrogens is 331 g/mol. The third kappa shape index (κ3) is 4.73. The first-order valence-corrected chi connectivity index (χ1v) is 6.66. The number of aromatic carboxylic acids is 1. The van der Waals surface area contributed by atoms with Crippen molar-refractivity contribution >= 4 is 17.6 Å². The van der Waals surface area contributed by atoms with Crippen molar-refractivity contribution in [1.29, 1.82) is 0 Å². The smallest absolute Gasteiger partial charge is 0.387 e. The standard InChI is InChI=1S/C14H12F3N3O4/c15-8-1-2-9(11(7-8)24-14(16)17)18-12(21)4-6-20-5-3-10(19-20)13(22)23/h1-3,5,7,14H,4,6H2,(H,18,21)(H,22,23). The van der Waals surface area contributed by atoms with Gasteiger partial charge < -0.3 is 15.2 Å². The van der Waals surface area contributed by atoms with Crippen molar-refractivity contribution in [2.75, 3.05) is 5.32 Å². The summed E-state index contributed by atoms with van der Waals surface area (Å²) in [5.74, 6) is -3.04. The predicted octanol–water partition coefficient (Wildman–Crippen LogP) is 2.35. The Kier molecular flexibility index (Phi) is 5.40. The Balaban J connectivity index is 1.97. The Hall–Kier alpha value is -3.04. The summed E-state index contributed by atoms with van der Waals surface area (Å²) < 4.78 is 43.1. The molecule has 0 radical (unpaired) electrons. The van der Waals surface area contributed by atoms with Gasteiger partial charge in [0.2, 0.25) is 5.91 Å². The van der Waals surface area contributed by atoms with Gasteiger partial charge in [-0.1, -0.05) is 0 Å². The van der Waals surface area contributed by atoms with Gasteiger partial charge in [-0.2, -0.15) is 13.9 Å². The SMILES string of the molecule is O=C(CCn1ccc(C(=O)O)n1)Nc1ccc(F)cc1OC(F)F. The van der Waals surface area contributed by atoms with Crippen molar-refractivity contribution in [3.05, 3.63) is 42.0 Å². The minimum absolute atomic E-state index is 0.0747. The summed E-state index contributed by atoms with van der Waals surface area (Å²) >= 11 is 0. The summed E-state index contributed by atoms with van der Waals surface area (Å²) in [5, 5.41) is 14.8. The molecule has 128 valence electrons. The number of ether oxygens (including phenoxy) is 1. The van der Waals surface area contributed by atoms with Crippen LogP contribution in [0.15, 0.2) is 30.5 Å². The van der Waals surface area contributed by atoms with Gasteiger partial charge in [-0.15, -0.1) is 0 Å². The molecule has 0 atom stereocenters. The highest BCUT2D eigenvalue weighted by atomic mass is 19.3. The number of hydrogen-bond donors (Lipinski definition) is 2. The van der Waals surface area contributed by atoms with Crippen LogP contribution in [0.1, 0.15) is 16.9 Å². The lowest BCUT2D eigenvalue weighted by Gasteiger charge is -2.12. The molecule has 1 amide bonds. The molecule has 0 spiro atoms. The van der Waals surface area contributed by atoms with Crippen LogP contribution in [0.5, 0.6) is 5.75 Å². The number of amides is 1. The van der Waals surface area contributed by atoms with E-state index in [4.69, 9.17) is 5.11 Å². The molecule has 0 saturated carbocycles.